The van der Waals surface area contributed by atoms with E-state index in [0.717, 1.165) is 19.0 Å². The van der Waals surface area contributed by atoms with E-state index in [9.17, 15) is 0 Å². The van der Waals surface area contributed by atoms with Gasteiger partial charge < -0.3 is 4.74 Å². The average molecular weight is 85.1 g/mol. The second-order valence-electron chi connectivity index (χ2n) is 1.25. The molecule has 2 nitrogen and oxygen atoms in total. The summed E-state index contributed by atoms with van der Waals surface area (Å²) in [6.45, 7) is 3.50. The molecule has 1 aliphatic heterocycles. The first kappa shape index (κ1) is 3.65. The summed E-state index contributed by atoms with van der Waals surface area (Å²) >= 11 is 0. The molecule has 1 rings (SSSR count). The summed E-state index contributed by atoms with van der Waals surface area (Å²) in [6.07, 6.45) is 0. The van der Waals surface area contributed by atoms with Gasteiger partial charge in [0.1, 0.15) is 6.61 Å². The molecule has 0 fully saturated rings. The highest BCUT2D eigenvalue weighted by molar-refractivity contribution is 5.74. The summed E-state index contributed by atoms with van der Waals surface area (Å²) in [5, 5.41) is 0. The van der Waals surface area contributed by atoms with Crippen LogP contribution in [0.4, 0.5) is 0 Å². The Balaban J connectivity index is 2.45. The molecule has 0 atom stereocenters. The van der Waals surface area contributed by atoms with Crippen LogP contribution in [0.15, 0.2) is 4.99 Å². The molecule has 0 unspecified atom stereocenters. The normalized spacial score (nSPS) is 19.8. The number of hydrogen-bond donors (Lipinski definition) is 0. The maximum absolute atomic E-state index is 4.90. The Morgan fingerprint density at radius 3 is 2.83 bits per heavy atom. The molecule has 0 saturated carbocycles. The molecule has 2 heteroatoms. The SMILES string of the molecule is CC1=NCCO1. The predicted molar refractivity (Wildman–Crippen MR) is 23.9 cm³/mol. The molecule has 1 aliphatic rings. The van der Waals surface area contributed by atoms with E-state index < -0.39 is 0 Å². The van der Waals surface area contributed by atoms with Crippen molar-refractivity contribution in [3.05, 3.63) is 0 Å². The van der Waals surface area contributed by atoms with Crippen LogP contribution in [0.1, 0.15) is 6.92 Å². The molecular formula is C4H7NO. The van der Waals surface area contributed by atoms with E-state index in [1.165, 1.54) is 0 Å². The second kappa shape index (κ2) is 1.29. The van der Waals surface area contributed by atoms with Crippen molar-refractivity contribution in [2.24, 2.45) is 4.99 Å². The largest absolute Gasteiger partial charge is 0.479 e. The highest BCUT2D eigenvalue weighted by atomic mass is 16.5. The third-order valence-electron chi connectivity index (χ3n) is 0.737. The van der Waals surface area contributed by atoms with E-state index in [-0.39, 0.29) is 0 Å². The first-order valence-corrected chi connectivity index (χ1v) is 2.03. The van der Waals surface area contributed by atoms with Gasteiger partial charge in [-0.15, -0.1) is 0 Å². The second-order valence-corrected chi connectivity index (χ2v) is 1.25. The molecule has 1 heterocycles. The highest BCUT2D eigenvalue weighted by Crippen LogP contribution is 1.89. The lowest BCUT2D eigenvalue weighted by Gasteiger charge is -1.86. The Kier molecular flexibility index (Phi) is 0.783. The average Bonchev–Trinajstić information content (AvgIpc) is 1.86. The van der Waals surface area contributed by atoms with Gasteiger partial charge in [0.05, 0.1) is 6.54 Å². The summed E-state index contributed by atoms with van der Waals surface area (Å²) in [6, 6.07) is 0. The number of nitrogens with zero attached hydrogens (tertiary/aromatic N) is 1. The van der Waals surface area contributed by atoms with E-state index in [1.54, 1.807) is 0 Å². The molecule has 34 valence electrons. The topological polar surface area (TPSA) is 21.6 Å². The predicted octanol–water partition coefficient (Wildman–Crippen LogP) is 0.435. The maximum atomic E-state index is 4.90. The fraction of sp³-hybridized carbons (Fsp3) is 0.750. The Labute approximate surface area is 36.8 Å². The van der Waals surface area contributed by atoms with Crippen molar-refractivity contribution >= 4 is 5.90 Å². The van der Waals surface area contributed by atoms with E-state index in [2.05, 4.69) is 4.99 Å². The van der Waals surface area contributed by atoms with Gasteiger partial charge in [-0.2, -0.15) is 0 Å². The molecule has 0 aromatic carbocycles. The monoisotopic (exact) mass is 85.1 g/mol. The lowest BCUT2D eigenvalue weighted by molar-refractivity contribution is 0.345. The summed E-state index contributed by atoms with van der Waals surface area (Å²) in [5.74, 6) is 0.829. The molecule has 0 amide bonds. The van der Waals surface area contributed by atoms with Crippen LogP contribution in [-0.4, -0.2) is 19.0 Å². The Hall–Kier alpha value is -0.530. The summed E-state index contributed by atoms with van der Waals surface area (Å²) in [4.78, 5) is 3.93. The summed E-state index contributed by atoms with van der Waals surface area (Å²) in [5.41, 5.74) is 0. The van der Waals surface area contributed by atoms with Crippen LogP contribution < -0.4 is 0 Å². The lowest BCUT2D eigenvalue weighted by atomic mass is 10.8. The first-order chi connectivity index (χ1) is 2.89. The molecule has 0 N–H and O–H groups in total. The first-order valence-electron chi connectivity index (χ1n) is 2.03. The van der Waals surface area contributed by atoms with Gasteiger partial charge in [-0.25, -0.2) is 0 Å². The van der Waals surface area contributed by atoms with Crippen molar-refractivity contribution in [3.8, 4) is 0 Å². The molecule has 6 heavy (non-hydrogen) atoms. The van der Waals surface area contributed by atoms with Crippen LogP contribution in [0.5, 0.6) is 0 Å². The van der Waals surface area contributed by atoms with Gasteiger partial charge in [-0.05, 0) is 0 Å². The van der Waals surface area contributed by atoms with Gasteiger partial charge in [0, 0.05) is 6.92 Å². The van der Waals surface area contributed by atoms with Crippen molar-refractivity contribution in [2.45, 2.75) is 6.92 Å². The standard InChI is InChI=1S/C4H7NO/c1-4-5-2-3-6-4/h2-3H2,1H3. The lowest BCUT2D eigenvalue weighted by Crippen LogP contribution is -1.89. The molecule has 0 aromatic rings. The van der Waals surface area contributed by atoms with E-state index in [0.29, 0.717) is 0 Å². The van der Waals surface area contributed by atoms with Gasteiger partial charge in [-0.3, -0.25) is 4.99 Å². The molecule has 0 spiro atoms. The van der Waals surface area contributed by atoms with E-state index in [4.69, 9.17) is 4.74 Å². The third-order valence-corrected chi connectivity index (χ3v) is 0.737. The van der Waals surface area contributed by atoms with Crippen molar-refractivity contribution in [1.29, 1.82) is 0 Å². The third kappa shape index (κ3) is 0.506. The Morgan fingerprint density at radius 1 is 1.83 bits per heavy atom. The number of hydrogen-bond acceptors (Lipinski definition) is 2. The number of rotatable bonds is 0. The molecule has 0 aromatic heterocycles. The number of aliphatic imine (C=N–C) groups is 1. The van der Waals surface area contributed by atoms with Crippen molar-refractivity contribution < 1.29 is 4.74 Å². The molecule has 0 aliphatic carbocycles. The zero-order chi connectivity index (χ0) is 4.41. The van der Waals surface area contributed by atoms with Crippen LogP contribution in [0.3, 0.4) is 0 Å². The van der Waals surface area contributed by atoms with Gasteiger partial charge >= 0.3 is 0 Å². The van der Waals surface area contributed by atoms with Gasteiger partial charge in [0.15, 0.2) is 5.90 Å². The summed E-state index contributed by atoms with van der Waals surface area (Å²) < 4.78 is 4.90. The minimum Gasteiger partial charge on any atom is -0.479 e. The van der Waals surface area contributed by atoms with Crippen LogP contribution in [-0.2, 0) is 4.74 Å². The zero-order valence-corrected chi connectivity index (χ0v) is 3.77. The maximum Gasteiger partial charge on any atom is 0.180 e. The van der Waals surface area contributed by atoms with Crippen molar-refractivity contribution in [1.82, 2.24) is 0 Å². The fourth-order valence-corrected chi connectivity index (χ4v) is 0.442. The van der Waals surface area contributed by atoms with Crippen LogP contribution in [0, 0.1) is 0 Å². The minimum absolute atomic E-state index is 0.784. The van der Waals surface area contributed by atoms with Gasteiger partial charge in [-0.1, -0.05) is 0 Å². The molecule has 0 saturated heterocycles. The van der Waals surface area contributed by atoms with Crippen molar-refractivity contribution in [3.63, 3.8) is 0 Å². The number of ether oxygens (including phenoxy) is 1. The Morgan fingerprint density at radius 2 is 2.67 bits per heavy atom. The molecule has 0 radical (unpaired) electrons. The summed E-state index contributed by atoms with van der Waals surface area (Å²) in [7, 11) is 0. The van der Waals surface area contributed by atoms with E-state index >= 15 is 0 Å². The smallest absolute Gasteiger partial charge is 0.180 e. The zero-order valence-electron chi connectivity index (χ0n) is 3.77. The van der Waals surface area contributed by atoms with Gasteiger partial charge in [0.2, 0.25) is 0 Å². The van der Waals surface area contributed by atoms with Crippen molar-refractivity contribution in [2.75, 3.05) is 13.2 Å². The molecular weight excluding hydrogens is 78.0 g/mol. The molecule has 0 bridgehead atoms. The van der Waals surface area contributed by atoms with Crippen LogP contribution in [0.25, 0.3) is 0 Å². The minimum atomic E-state index is 0.784. The van der Waals surface area contributed by atoms with E-state index in [1.807, 2.05) is 6.92 Å². The Bertz CT molecular complexity index is 77.6. The van der Waals surface area contributed by atoms with Crippen LogP contribution >= 0.6 is 0 Å². The fourth-order valence-electron chi connectivity index (χ4n) is 0.442. The van der Waals surface area contributed by atoms with Gasteiger partial charge in [0.25, 0.3) is 0 Å². The highest BCUT2D eigenvalue weighted by Gasteiger charge is 1.96. The van der Waals surface area contributed by atoms with Crippen LogP contribution in [0.2, 0.25) is 0 Å². The quantitative estimate of drug-likeness (QED) is 0.418.